The second-order valence-electron chi connectivity index (χ2n) is 4.76. The Hall–Kier alpha value is -1.30. The number of carbonyl (C=O) groups excluding carboxylic acids is 1. The summed E-state index contributed by atoms with van der Waals surface area (Å²) in [5, 5.41) is 14.0. The van der Waals surface area contributed by atoms with Gasteiger partial charge >= 0.3 is 5.97 Å². The number of hydrogen-bond acceptors (Lipinski definition) is 4. The van der Waals surface area contributed by atoms with E-state index >= 15 is 0 Å². The Labute approximate surface area is 148 Å². The number of esters is 1. The van der Waals surface area contributed by atoms with Crippen LogP contribution in [0.1, 0.15) is 27.7 Å². The van der Waals surface area contributed by atoms with Gasteiger partial charge in [-0.15, -0.1) is 0 Å². The van der Waals surface area contributed by atoms with Crippen LogP contribution in [0.25, 0.3) is 0 Å². The van der Waals surface area contributed by atoms with E-state index in [2.05, 4.69) is 10.1 Å². The molecule has 0 aliphatic heterocycles. The molecule has 2 aromatic rings. The van der Waals surface area contributed by atoms with Crippen LogP contribution in [-0.2, 0) is 11.3 Å². The van der Waals surface area contributed by atoms with E-state index in [1.165, 1.54) is 19.2 Å². The van der Waals surface area contributed by atoms with Crippen molar-refractivity contribution in [1.29, 1.82) is 0 Å². The van der Waals surface area contributed by atoms with Crippen molar-refractivity contribution < 1.29 is 14.6 Å². The number of halogens is 3. The number of rotatable bonds is 5. The smallest absolute Gasteiger partial charge is 0.340 e. The van der Waals surface area contributed by atoms with Crippen LogP contribution in [0, 0.1) is 0 Å². The number of aliphatic hydroxyl groups is 1. The number of nitrogens with one attached hydrogen (secondary N) is 1. The maximum absolute atomic E-state index is 11.6. The van der Waals surface area contributed by atoms with Crippen LogP contribution in [-0.4, -0.2) is 18.2 Å². The summed E-state index contributed by atoms with van der Waals surface area (Å²) < 4.78 is 4.62. The molecule has 0 heterocycles. The molecule has 0 fully saturated rings. The molecule has 1 atom stereocenters. The van der Waals surface area contributed by atoms with Gasteiger partial charge in [-0.25, -0.2) is 4.79 Å². The molecule has 0 bridgehead atoms. The minimum Gasteiger partial charge on any atom is -0.465 e. The summed E-state index contributed by atoms with van der Waals surface area (Å²) in [5.74, 6) is -0.632. The van der Waals surface area contributed by atoms with Crippen LogP contribution in [0.3, 0.4) is 0 Å². The quantitative estimate of drug-likeness (QED) is 0.608. The Morgan fingerprint density at radius 2 is 1.87 bits per heavy atom. The molecular formula is C16H14Cl3NO3. The van der Waals surface area contributed by atoms with Crippen LogP contribution < -0.4 is 5.32 Å². The zero-order valence-corrected chi connectivity index (χ0v) is 14.4. The van der Waals surface area contributed by atoms with Crippen molar-refractivity contribution in [2.45, 2.75) is 12.8 Å². The zero-order chi connectivity index (χ0) is 17.0. The molecule has 2 N–H and O–H groups in total. The molecule has 23 heavy (non-hydrogen) atoms. The second kappa shape index (κ2) is 7.99. The van der Waals surface area contributed by atoms with Gasteiger partial charge < -0.3 is 9.84 Å². The van der Waals surface area contributed by atoms with E-state index in [0.29, 0.717) is 17.1 Å². The summed E-state index contributed by atoms with van der Waals surface area (Å²) in [6.45, 7) is 0.399. The largest absolute Gasteiger partial charge is 0.465 e. The van der Waals surface area contributed by atoms with Crippen molar-refractivity contribution in [3.05, 3.63) is 68.2 Å². The van der Waals surface area contributed by atoms with Crippen LogP contribution in [0.4, 0.5) is 0 Å². The number of benzene rings is 2. The van der Waals surface area contributed by atoms with Gasteiger partial charge in [0.1, 0.15) is 6.23 Å². The molecule has 0 spiro atoms. The van der Waals surface area contributed by atoms with Gasteiger partial charge in [0.2, 0.25) is 0 Å². The van der Waals surface area contributed by atoms with E-state index < -0.39 is 12.2 Å². The lowest BCUT2D eigenvalue weighted by Crippen LogP contribution is -2.20. The van der Waals surface area contributed by atoms with Gasteiger partial charge in [-0.3, -0.25) is 5.32 Å². The van der Waals surface area contributed by atoms with E-state index in [0.717, 1.165) is 5.56 Å². The van der Waals surface area contributed by atoms with Crippen molar-refractivity contribution in [2.24, 2.45) is 0 Å². The van der Waals surface area contributed by atoms with Crippen molar-refractivity contribution in [1.82, 2.24) is 5.32 Å². The van der Waals surface area contributed by atoms with Crippen molar-refractivity contribution in [2.75, 3.05) is 7.11 Å². The first kappa shape index (κ1) is 18.0. The van der Waals surface area contributed by atoms with E-state index in [4.69, 9.17) is 34.8 Å². The first-order chi connectivity index (χ1) is 10.9. The third-order valence-corrected chi connectivity index (χ3v) is 3.99. The Morgan fingerprint density at radius 3 is 2.43 bits per heavy atom. The lowest BCUT2D eigenvalue weighted by Gasteiger charge is -2.15. The maximum atomic E-state index is 11.6. The van der Waals surface area contributed by atoms with E-state index in [1.807, 2.05) is 12.1 Å². The number of methoxy groups -OCH3 is 1. The topological polar surface area (TPSA) is 58.6 Å². The Morgan fingerprint density at radius 1 is 1.22 bits per heavy atom. The van der Waals surface area contributed by atoms with Gasteiger partial charge in [-0.05, 0) is 35.4 Å². The van der Waals surface area contributed by atoms with Gasteiger partial charge in [-0.1, -0.05) is 46.9 Å². The Kier molecular flexibility index (Phi) is 6.27. The summed E-state index contributed by atoms with van der Waals surface area (Å²) >= 11 is 18.0. The van der Waals surface area contributed by atoms with Crippen LogP contribution in [0.15, 0.2) is 36.4 Å². The lowest BCUT2D eigenvalue weighted by molar-refractivity contribution is 0.0601. The fourth-order valence-electron chi connectivity index (χ4n) is 2.03. The average Bonchev–Trinajstić information content (AvgIpc) is 2.51. The van der Waals surface area contributed by atoms with Crippen molar-refractivity contribution in [3.8, 4) is 0 Å². The molecule has 1 unspecified atom stereocenters. The van der Waals surface area contributed by atoms with Crippen molar-refractivity contribution in [3.63, 3.8) is 0 Å². The standard InChI is InChI=1S/C16H14Cl3NO3/c1-23-16(22)14-12(18)6-10(7-13(14)19)15(21)20-8-9-3-2-4-11(17)5-9/h2-7,15,20-21H,8H2,1H3. The van der Waals surface area contributed by atoms with Gasteiger partial charge in [0, 0.05) is 11.6 Å². The number of aliphatic hydroxyl groups excluding tert-OH is 1. The third-order valence-electron chi connectivity index (χ3n) is 3.16. The highest BCUT2D eigenvalue weighted by Crippen LogP contribution is 2.29. The molecular weight excluding hydrogens is 361 g/mol. The van der Waals surface area contributed by atoms with E-state index in [-0.39, 0.29) is 15.6 Å². The highest BCUT2D eigenvalue weighted by atomic mass is 35.5. The molecule has 0 saturated carbocycles. The first-order valence-corrected chi connectivity index (χ1v) is 7.79. The number of ether oxygens (including phenoxy) is 1. The molecule has 4 nitrogen and oxygen atoms in total. The monoisotopic (exact) mass is 373 g/mol. The maximum Gasteiger partial charge on any atom is 0.340 e. The van der Waals surface area contributed by atoms with Crippen LogP contribution >= 0.6 is 34.8 Å². The van der Waals surface area contributed by atoms with Crippen molar-refractivity contribution >= 4 is 40.8 Å². The third kappa shape index (κ3) is 4.59. The average molecular weight is 375 g/mol. The fourth-order valence-corrected chi connectivity index (χ4v) is 2.90. The minimum absolute atomic E-state index is 0.0709. The van der Waals surface area contributed by atoms with Crippen LogP contribution in [0.2, 0.25) is 15.1 Å². The van der Waals surface area contributed by atoms with Gasteiger partial charge in [0.25, 0.3) is 0 Å². The van der Waals surface area contributed by atoms with Gasteiger partial charge in [0.05, 0.1) is 22.7 Å². The summed E-state index contributed by atoms with van der Waals surface area (Å²) in [6, 6.07) is 10.2. The molecule has 0 aliphatic carbocycles. The summed E-state index contributed by atoms with van der Waals surface area (Å²) in [5.41, 5.74) is 1.43. The minimum atomic E-state index is -1.00. The molecule has 0 aromatic heterocycles. The molecule has 122 valence electrons. The lowest BCUT2D eigenvalue weighted by atomic mass is 10.1. The van der Waals surface area contributed by atoms with Gasteiger partial charge in [-0.2, -0.15) is 0 Å². The molecule has 0 radical (unpaired) electrons. The number of hydrogen-bond donors (Lipinski definition) is 2. The fraction of sp³-hybridized carbons (Fsp3) is 0.188. The normalized spacial score (nSPS) is 12.0. The summed E-state index contributed by atoms with van der Waals surface area (Å²) in [7, 11) is 1.24. The zero-order valence-electron chi connectivity index (χ0n) is 12.1. The van der Waals surface area contributed by atoms with Crippen LogP contribution in [0.5, 0.6) is 0 Å². The highest BCUT2D eigenvalue weighted by Gasteiger charge is 2.19. The van der Waals surface area contributed by atoms with E-state index in [1.54, 1.807) is 12.1 Å². The first-order valence-electron chi connectivity index (χ1n) is 6.65. The SMILES string of the molecule is COC(=O)c1c(Cl)cc(C(O)NCc2cccc(Cl)c2)cc1Cl. The summed E-state index contributed by atoms with van der Waals surface area (Å²) in [6.07, 6.45) is -1.00. The van der Waals surface area contributed by atoms with Gasteiger partial charge in [0.15, 0.2) is 0 Å². The molecule has 0 saturated heterocycles. The predicted octanol–water partition coefficient (Wildman–Crippen LogP) is 4.21. The second-order valence-corrected chi connectivity index (χ2v) is 6.02. The number of carbonyl (C=O) groups is 1. The molecule has 2 rings (SSSR count). The Balaban J connectivity index is 2.13. The van der Waals surface area contributed by atoms with E-state index in [9.17, 15) is 9.90 Å². The predicted molar refractivity (Wildman–Crippen MR) is 91.1 cm³/mol. The Bertz CT molecular complexity index is 698. The molecule has 7 heteroatoms. The summed E-state index contributed by atoms with van der Waals surface area (Å²) in [4.78, 5) is 11.6. The molecule has 0 amide bonds. The highest BCUT2D eigenvalue weighted by molar-refractivity contribution is 6.39. The molecule has 0 aliphatic rings. The molecule has 2 aromatic carbocycles.